The largest absolute Gasteiger partial charge is 0.456 e. The van der Waals surface area contributed by atoms with Crippen LogP contribution in [-0.2, 0) is 42.9 Å². The Bertz CT molecular complexity index is 2340. The molecule has 4 N–H and O–H groups in total. The zero-order chi connectivity index (χ0) is 44.5. The maximum atomic E-state index is 15.4. The molecule has 62 heavy (non-hydrogen) atoms. The lowest BCUT2D eigenvalue weighted by Crippen LogP contribution is -2.84. The number of Topliss-reactive ketones (excluding diaryl/α,β-unsaturated/α-hetero) is 1. The van der Waals surface area contributed by atoms with Crippen molar-refractivity contribution in [2.24, 2.45) is 22.7 Å². The second kappa shape index (κ2) is 15.6. The zero-order valence-corrected chi connectivity index (χ0v) is 34.8. The van der Waals surface area contributed by atoms with Crippen LogP contribution >= 0.6 is 0 Å². The molecule has 1 aliphatic heterocycles. The predicted molar refractivity (Wildman–Crippen MR) is 216 cm³/mol. The van der Waals surface area contributed by atoms with Gasteiger partial charge in [0.25, 0.3) is 5.91 Å². The molecule has 3 aromatic carbocycles. The average Bonchev–Trinajstić information content (AvgIpc) is 3.31. The number of rotatable bonds is 10. The second-order valence-electron chi connectivity index (χ2n) is 17.5. The molecule has 13 unspecified atom stereocenters. The number of hydrogen-bond acceptors (Lipinski definition) is 14. The van der Waals surface area contributed by atoms with Crippen molar-refractivity contribution in [3.63, 3.8) is 0 Å². The van der Waals surface area contributed by atoms with E-state index in [1.54, 1.807) is 92.7 Å². The van der Waals surface area contributed by atoms with E-state index in [2.05, 4.69) is 5.32 Å². The van der Waals surface area contributed by atoms with Gasteiger partial charge in [-0.05, 0) is 54.8 Å². The van der Waals surface area contributed by atoms with Crippen LogP contribution in [-0.4, -0.2) is 105 Å². The normalized spacial score (nSPS) is 35.1. The number of nitrogens with one attached hydrogen (secondary N) is 1. The van der Waals surface area contributed by atoms with Crippen LogP contribution in [0.5, 0.6) is 0 Å². The Morgan fingerprint density at radius 1 is 0.839 bits per heavy atom. The van der Waals surface area contributed by atoms with E-state index < -0.39 is 119 Å². The van der Waals surface area contributed by atoms with E-state index in [9.17, 15) is 39.3 Å². The third-order valence-corrected chi connectivity index (χ3v) is 14.2. The fourth-order valence-electron chi connectivity index (χ4n) is 11.3. The first kappa shape index (κ1) is 42.9. The highest BCUT2D eigenvalue weighted by Gasteiger charge is 2.86. The summed E-state index contributed by atoms with van der Waals surface area (Å²) in [6.07, 6.45) is -9.65. The highest BCUT2D eigenvalue weighted by molar-refractivity contribution is 5.96. The van der Waals surface area contributed by atoms with Gasteiger partial charge in [-0.1, -0.05) is 73.7 Å². The predicted octanol–water partition coefficient (Wildman–Crippen LogP) is 3.35. The highest BCUT2D eigenvalue weighted by atomic mass is 16.6. The first-order valence-corrected chi connectivity index (χ1v) is 20.6. The van der Waals surface area contributed by atoms with Crippen molar-refractivity contribution in [2.75, 3.05) is 6.61 Å². The van der Waals surface area contributed by atoms with Crippen molar-refractivity contribution in [1.29, 1.82) is 0 Å². The van der Waals surface area contributed by atoms with E-state index in [1.807, 2.05) is 0 Å². The summed E-state index contributed by atoms with van der Waals surface area (Å²) in [6.45, 7) is 6.80. The Hall–Kier alpha value is -5.74. The molecule has 4 aliphatic carbocycles. The number of ketones is 1. The monoisotopic (exact) mass is 851 g/mol. The molecule has 326 valence electrons. The summed E-state index contributed by atoms with van der Waals surface area (Å²) < 4.78 is 30.2. The second-order valence-corrected chi connectivity index (χ2v) is 17.5. The maximum Gasteiger partial charge on any atom is 0.338 e. The van der Waals surface area contributed by atoms with Crippen LogP contribution in [0, 0.1) is 22.7 Å². The van der Waals surface area contributed by atoms with Gasteiger partial charge in [0.2, 0.25) is 0 Å². The van der Waals surface area contributed by atoms with Crippen molar-refractivity contribution in [2.45, 2.75) is 101 Å². The topological polar surface area (TPSA) is 221 Å². The Morgan fingerprint density at radius 2 is 1.44 bits per heavy atom. The minimum Gasteiger partial charge on any atom is -0.456 e. The Morgan fingerprint density at radius 3 is 2.00 bits per heavy atom. The van der Waals surface area contributed by atoms with Gasteiger partial charge in [0.1, 0.15) is 23.9 Å². The number of hydrogen-bond donors (Lipinski definition) is 4. The molecule has 0 aromatic heterocycles. The number of aliphatic hydroxyl groups excluding tert-OH is 2. The van der Waals surface area contributed by atoms with Crippen molar-refractivity contribution in [3.05, 3.63) is 119 Å². The molecule has 15 heteroatoms. The number of benzene rings is 3. The van der Waals surface area contributed by atoms with Crippen LogP contribution in [0.1, 0.15) is 79.8 Å². The lowest BCUT2D eigenvalue weighted by molar-refractivity contribution is -0.370. The minimum atomic E-state index is -2.18. The number of ether oxygens (including phenoxy) is 5. The molecule has 3 aromatic rings. The minimum absolute atomic E-state index is 0.0466. The lowest BCUT2D eigenvalue weighted by Gasteiger charge is -2.73. The van der Waals surface area contributed by atoms with Gasteiger partial charge in [-0.2, -0.15) is 0 Å². The summed E-state index contributed by atoms with van der Waals surface area (Å²) in [5.41, 5.74) is -6.22. The lowest BCUT2D eigenvalue weighted by atomic mass is 9.36. The summed E-state index contributed by atoms with van der Waals surface area (Å²) in [5, 5.41) is 39.8. The highest BCUT2D eigenvalue weighted by Crippen LogP contribution is 2.75. The third-order valence-electron chi connectivity index (χ3n) is 14.2. The molecule has 0 bridgehead atoms. The van der Waals surface area contributed by atoms with Crippen molar-refractivity contribution in [3.8, 4) is 0 Å². The van der Waals surface area contributed by atoms with E-state index in [4.69, 9.17) is 23.7 Å². The van der Waals surface area contributed by atoms with Gasteiger partial charge in [-0.3, -0.25) is 19.2 Å². The molecular formula is C47H49NO14. The van der Waals surface area contributed by atoms with E-state index in [0.717, 1.165) is 6.92 Å². The number of aliphatic hydroxyl groups is 3. The summed E-state index contributed by atoms with van der Waals surface area (Å²) >= 11 is 0. The summed E-state index contributed by atoms with van der Waals surface area (Å²) in [4.78, 5) is 83.0. The van der Waals surface area contributed by atoms with Crippen molar-refractivity contribution < 1.29 is 67.8 Å². The van der Waals surface area contributed by atoms with Gasteiger partial charge >= 0.3 is 23.9 Å². The molecule has 3 saturated carbocycles. The van der Waals surface area contributed by atoms with E-state index in [-0.39, 0.29) is 35.3 Å². The fourth-order valence-corrected chi connectivity index (χ4v) is 11.3. The fraction of sp³-hybridized carbons (Fsp3) is 0.447. The number of amides is 1. The van der Waals surface area contributed by atoms with E-state index in [1.165, 1.54) is 26.0 Å². The summed E-state index contributed by atoms with van der Waals surface area (Å²) in [6, 6.07) is 23.2. The molecule has 0 spiro atoms. The first-order chi connectivity index (χ1) is 29.4. The number of carbonyl (C=O) groups is 6. The van der Waals surface area contributed by atoms with Crippen LogP contribution in [0.15, 0.2) is 102 Å². The molecule has 0 radical (unpaired) electrons. The zero-order valence-electron chi connectivity index (χ0n) is 34.8. The van der Waals surface area contributed by atoms with Crippen LogP contribution in [0.3, 0.4) is 0 Å². The van der Waals surface area contributed by atoms with Crippen LogP contribution in [0.4, 0.5) is 0 Å². The first-order valence-electron chi connectivity index (χ1n) is 20.6. The molecule has 15 nitrogen and oxygen atoms in total. The molecule has 8 rings (SSSR count). The van der Waals surface area contributed by atoms with Crippen molar-refractivity contribution >= 4 is 35.6 Å². The summed E-state index contributed by atoms with van der Waals surface area (Å²) in [5.74, 6) is -7.26. The van der Waals surface area contributed by atoms with Crippen LogP contribution < -0.4 is 5.32 Å². The molecule has 1 saturated heterocycles. The van der Waals surface area contributed by atoms with Gasteiger partial charge in [0.15, 0.2) is 23.6 Å². The molecular weight excluding hydrogens is 803 g/mol. The molecule has 1 heterocycles. The van der Waals surface area contributed by atoms with Gasteiger partial charge in [-0.15, -0.1) is 0 Å². The third kappa shape index (κ3) is 6.39. The van der Waals surface area contributed by atoms with Crippen LogP contribution in [0.2, 0.25) is 0 Å². The van der Waals surface area contributed by atoms with E-state index in [0.29, 0.717) is 5.56 Å². The average molecular weight is 852 g/mol. The van der Waals surface area contributed by atoms with Crippen LogP contribution in [0.25, 0.3) is 0 Å². The van der Waals surface area contributed by atoms with Gasteiger partial charge in [-0.25, -0.2) is 9.59 Å². The standard InChI is InChI=1S/C47H49NO14/c1-24-30(60-43(56)36(52)35(27-15-9-6-10-16-27)48-41(54)28-17-11-7-12-18-28)22-47(57)40(61-42(55)29-19-13-8-14-20-29)34-38-44(4,31(51)21-32-46(38,23-58-32)62-26(3)50)39(53)37(59-25(2)49)33(24)45(34,47)5/h6-20,30-32,34-38,40,51-52,57H,21-23H2,1-5H3,(H,48,54). The quantitative estimate of drug-likeness (QED) is 0.131. The number of carbonyl (C=O) groups excluding carboxylic acids is 6. The Labute approximate surface area is 357 Å². The number of esters is 4. The molecule has 1 amide bonds. The number of fused-ring (bicyclic) bond motifs is 4. The smallest absolute Gasteiger partial charge is 0.338 e. The van der Waals surface area contributed by atoms with Crippen molar-refractivity contribution in [1.82, 2.24) is 5.32 Å². The molecule has 13 atom stereocenters. The van der Waals surface area contributed by atoms with E-state index >= 15 is 4.79 Å². The Kier molecular flexibility index (Phi) is 10.8. The Balaban J connectivity index is 1.26. The molecule has 4 fully saturated rings. The SMILES string of the molecule is CC(=O)OC1C(=O)C2(C)C(O)CC3OCC3(OC(C)=O)C2C2C(OC(=O)c3ccccc3)C3(O)CC(OC(=O)C(O)C(NC(=O)c4ccccc4)c4ccccc4)C(C)=C1C23C. The summed E-state index contributed by atoms with van der Waals surface area (Å²) in [7, 11) is 0. The van der Waals surface area contributed by atoms with Gasteiger partial charge < -0.3 is 44.3 Å². The molecule has 5 aliphatic rings. The maximum absolute atomic E-state index is 15.4. The van der Waals surface area contributed by atoms with Gasteiger partial charge in [0.05, 0.1) is 29.7 Å². The van der Waals surface area contributed by atoms with Gasteiger partial charge in [0, 0.05) is 49.5 Å².